The molecule has 0 radical (unpaired) electrons. The van der Waals surface area contributed by atoms with Crippen LogP contribution in [0.3, 0.4) is 0 Å². The molecule has 10 heteroatoms. The van der Waals surface area contributed by atoms with Crippen LogP contribution in [0, 0.1) is 0 Å². The number of methoxy groups -OCH3 is 1. The number of esters is 1. The molecule has 168 valence electrons. The van der Waals surface area contributed by atoms with Crippen LogP contribution >= 0.6 is 11.3 Å². The van der Waals surface area contributed by atoms with Crippen LogP contribution in [0.1, 0.15) is 39.7 Å². The summed E-state index contributed by atoms with van der Waals surface area (Å²) in [5.41, 5.74) is 4.82. The van der Waals surface area contributed by atoms with Crippen molar-refractivity contribution in [1.82, 2.24) is 15.3 Å². The van der Waals surface area contributed by atoms with E-state index in [0.29, 0.717) is 36.6 Å². The molecule has 0 spiro atoms. The Hall–Kier alpha value is -3.24. The van der Waals surface area contributed by atoms with Crippen molar-refractivity contribution in [2.45, 2.75) is 38.9 Å². The van der Waals surface area contributed by atoms with E-state index in [9.17, 15) is 19.2 Å². The van der Waals surface area contributed by atoms with Crippen molar-refractivity contribution >= 4 is 40.0 Å². The number of rotatable bonds is 5. The van der Waals surface area contributed by atoms with Crippen molar-refractivity contribution in [3.63, 3.8) is 0 Å². The molecular weight excluding hydrogens is 432 g/mol. The monoisotopic (exact) mass is 456 g/mol. The van der Waals surface area contributed by atoms with E-state index < -0.39 is 12.0 Å². The fourth-order valence-electron chi connectivity index (χ4n) is 4.01. The van der Waals surface area contributed by atoms with Crippen molar-refractivity contribution in [2.75, 3.05) is 19.0 Å². The van der Waals surface area contributed by atoms with Gasteiger partial charge in [0.2, 0.25) is 17.7 Å². The zero-order valence-corrected chi connectivity index (χ0v) is 18.7. The number of nitrogens with zero attached hydrogens (tertiary/aromatic N) is 2. The number of hydrogen-bond acceptors (Lipinski definition) is 7. The molecule has 2 aliphatic rings. The summed E-state index contributed by atoms with van der Waals surface area (Å²) in [5, 5.41) is 4.84. The molecule has 0 bridgehead atoms. The standard InChI is InChI=1S/C22H24N4O5S/c1-13(27)25-9-8-15-17(12-25)32-21(19(15)22(30)31-2)23-20(29)16-10-18(28)24-26(16)11-14-6-4-3-5-7-14/h3-7,16H,8-12H2,1-2H3,(H,23,29)(H,24,28)/t16-/m0/s1. The Balaban J connectivity index is 1.57. The number of fused-ring (bicyclic) bond motifs is 1. The van der Waals surface area contributed by atoms with Gasteiger partial charge < -0.3 is 15.0 Å². The molecule has 4 rings (SSSR count). The first-order valence-electron chi connectivity index (χ1n) is 10.3. The maximum absolute atomic E-state index is 13.2. The van der Waals surface area contributed by atoms with Gasteiger partial charge >= 0.3 is 5.97 Å². The highest BCUT2D eigenvalue weighted by atomic mass is 32.1. The highest BCUT2D eigenvalue weighted by Gasteiger charge is 2.37. The van der Waals surface area contributed by atoms with E-state index in [1.165, 1.54) is 25.4 Å². The van der Waals surface area contributed by atoms with Crippen LogP contribution in [-0.4, -0.2) is 53.3 Å². The predicted octanol–water partition coefficient (Wildman–Crippen LogP) is 1.68. The number of carbonyl (C=O) groups is 4. The third-order valence-electron chi connectivity index (χ3n) is 5.65. The maximum atomic E-state index is 13.2. The summed E-state index contributed by atoms with van der Waals surface area (Å²) in [6.45, 7) is 2.78. The number of ether oxygens (including phenoxy) is 1. The molecule has 0 unspecified atom stereocenters. The van der Waals surface area contributed by atoms with E-state index in [4.69, 9.17) is 4.74 Å². The van der Waals surface area contributed by atoms with E-state index in [0.717, 1.165) is 16.0 Å². The third-order valence-corrected chi connectivity index (χ3v) is 6.78. The fraction of sp³-hybridized carbons (Fsp3) is 0.364. The second-order valence-electron chi connectivity index (χ2n) is 7.75. The summed E-state index contributed by atoms with van der Waals surface area (Å²) >= 11 is 1.27. The lowest BCUT2D eigenvalue weighted by atomic mass is 10.0. The van der Waals surface area contributed by atoms with E-state index >= 15 is 0 Å². The lowest BCUT2D eigenvalue weighted by Gasteiger charge is -2.25. The third kappa shape index (κ3) is 4.37. The number of hydrazine groups is 1. The van der Waals surface area contributed by atoms with Gasteiger partial charge in [0.25, 0.3) is 0 Å². The van der Waals surface area contributed by atoms with Crippen molar-refractivity contribution in [3.05, 3.63) is 51.9 Å². The average molecular weight is 457 g/mol. The van der Waals surface area contributed by atoms with Gasteiger partial charge in [-0.15, -0.1) is 11.3 Å². The molecule has 1 aromatic carbocycles. The van der Waals surface area contributed by atoms with Gasteiger partial charge in [0.1, 0.15) is 11.0 Å². The number of anilines is 1. The minimum Gasteiger partial charge on any atom is -0.465 e. The second-order valence-corrected chi connectivity index (χ2v) is 8.85. The lowest BCUT2D eigenvalue weighted by Crippen LogP contribution is -2.43. The minimum absolute atomic E-state index is 0.0232. The first-order chi connectivity index (χ1) is 15.4. The molecule has 3 amide bonds. The molecule has 2 aliphatic heterocycles. The molecule has 1 atom stereocenters. The Labute approximate surface area is 189 Å². The van der Waals surface area contributed by atoms with E-state index in [-0.39, 0.29) is 24.1 Å². The number of thiophene rings is 1. The first kappa shape index (κ1) is 22.0. The number of nitrogens with one attached hydrogen (secondary N) is 2. The van der Waals surface area contributed by atoms with E-state index in [1.54, 1.807) is 9.91 Å². The van der Waals surface area contributed by atoms with Gasteiger partial charge in [0.15, 0.2) is 0 Å². The highest BCUT2D eigenvalue weighted by molar-refractivity contribution is 7.17. The average Bonchev–Trinajstić information content (AvgIpc) is 3.32. The van der Waals surface area contributed by atoms with Crippen molar-refractivity contribution in [3.8, 4) is 0 Å². The first-order valence-corrected chi connectivity index (χ1v) is 11.1. The largest absolute Gasteiger partial charge is 0.465 e. The summed E-state index contributed by atoms with van der Waals surface area (Å²) in [6.07, 6.45) is 0.532. The van der Waals surface area contributed by atoms with Crippen LogP contribution in [-0.2, 0) is 38.6 Å². The van der Waals surface area contributed by atoms with Crippen LogP contribution in [0.25, 0.3) is 0 Å². The second kappa shape index (κ2) is 9.09. The molecule has 32 heavy (non-hydrogen) atoms. The zero-order valence-electron chi connectivity index (χ0n) is 17.8. The summed E-state index contributed by atoms with van der Waals surface area (Å²) in [7, 11) is 1.30. The molecule has 0 saturated carbocycles. The topological polar surface area (TPSA) is 108 Å². The normalized spacial score (nSPS) is 18.1. The summed E-state index contributed by atoms with van der Waals surface area (Å²) in [4.78, 5) is 52.1. The van der Waals surface area contributed by atoms with Crippen LogP contribution in [0.5, 0.6) is 0 Å². The quantitative estimate of drug-likeness (QED) is 0.663. The van der Waals surface area contributed by atoms with Gasteiger partial charge in [-0.25, -0.2) is 9.80 Å². The van der Waals surface area contributed by atoms with Gasteiger partial charge in [-0.2, -0.15) is 0 Å². The molecule has 2 aromatic rings. The number of benzene rings is 1. The van der Waals surface area contributed by atoms with Crippen LogP contribution in [0.2, 0.25) is 0 Å². The zero-order chi connectivity index (χ0) is 22.8. The Kier molecular flexibility index (Phi) is 6.24. The SMILES string of the molecule is COC(=O)c1c(NC(=O)[C@@H]2CC(=O)NN2Cc2ccccc2)sc2c1CCN(C(C)=O)C2. The van der Waals surface area contributed by atoms with Crippen molar-refractivity contribution in [1.29, 1.82) is 0 Å². The lowest BCUT2D eigenvalue weighted by molar-refractivity contribution is -0.129. The van der Waals surface area contributed by atoms with E-state index in [1.807, 2.05) is 30.3 Å². The number of hydrogen-bond donors (Lipinski definition) is 2. The molecular formula is C22H24N4O5S. The Bertz CT molecular complexity index is 1070. The Morgan fingerprint density at radius 3 is 2.69 bits per heavy atom. The molecule has 3 heterocycles. The van der Waals surface area contributed by atoms with Gasteiger partial charge in [0, 0.05) is 24.9 Å². The molecule has 2 N–H and O–H groups in total. The van der Waals surface area contributed by atoms with Crippen molar-refractivity contribution < 1.29 is 23.9 Å². The fourth-order valence-corrected chi connectivity index (χ4v) is 5.26. The van der Waals surface area contributed by atoms with Crippen LogP contribution < -0.4 is 10.7 Å². The molecule has 1 aromatic heterocycles. The summed E-state index contributed by atoms with van der Waals surface area (Å²) < 4.78 is 4.96. The highest BCUT2D eigenvalue weighted by Crippen LogP contribution is 2.38. The van der Waals surface area contributed by atoms with Crippen LogP contribution in [0.4, 0.5) is 5.00 Å². The Morgan fingerprint density at radius 1 is 1.25 bits per heavy atom. The van der Waals surface area contributed by atoms with E-state index in [2.05, 4.69) is 10.7 Å². The maximum Gasteiger partial charge on any atom is 0.341 e. The summed E-state index contributed by atoms with van der Waals surface area (Å²) in [6, 6.07) is 8.81. The number of carbonyl (C=O) groups excluding carboxylic acids is 4. The molecule has 1 fully saturated rings. The molecule has 0 aliphatic carbocycles. The summed E-state index contributed by atoms with van der Waals surface area (Å²) in [5.74, 6) is -1.19. The van der Waals surface area contributed by atoms with Crippen molar-refractivity contribution in [2.24, 2.45) is 0 Å². The van der Waals surface area contributed by atoms with Gasteiger partial charge in [0.05, 0.1) is 25.6 Å². The van der Waals surface area contributed by atoms with Gasteiger partial charge in [-0.05, 0) is 17.5 Å². The smallest absolute Gasteiger partial charge is 0.341 e. The number of amides is 3. The minimum atomic E-state index is -0.721. The molecule has 1 saturated heterocycles. The molecule has 9 nitrogen and oxygen atoms in total. The predicted molar refractivity (Wildman–Crippen MR) is 118 cm³/mol. The van der Waals surface area contributed by atoms with Gasteiger partial charge in [-0.1, -0.05) is 30.3 Å². The van der Waals surface area contributed by atoms with Gasteiger partial charge in [-0.3, -0.25) is 19.8 Å². The van der Waals surface area contributed by atoms with Crippen LogP contribution in [0.15, 0.2) is 30.3 Å². The Morgan fingerprint density at radius 2 is 2.00 bits per heavy atom.